The van der Waals surface area contributed by atoms with Crippen molar-refractivity contribution in [3.05, 3.63) is 35.9 Å². The van der Waals surface area contributed by atoms with Crippen molar-refractivity contribution < 1.29 is 29.0 Å². The standard InChI is InChI=1S/C25H34N2O6/c1-4-17(15-28)27-20(21(29)26-14-16-10-8-7-9-11-16)25-13-12-24(5-2,33-25)19(18(25)22(27)30)23(31)32-6-3/h7-11,17-20,28H,4-6,12-15H2,1-3H3,(H,26,29)/t17-,18-,19-,20?,24+,25?/m0/s1. The van der Waals surface area contributed by atoms with E-state index in [1.54, 1.807) is 6.92 Å². The lowest BCUT2D eigenvalue weighted by atomic mass is 9.65. The van der Waals surface area contributed by atoms with Gasteiger partial charge in [0, 0.05) is 6.54 Å². The Morgan fingerprint density at radius 3 is 2.58 bits per heavy atom. The van der Waals surface area contributed by atoms with Crippen LogP contribution < -0.4 is 5.32 Å². The van der Waals surface area contributed by atoms with Crippen molar-refractivity contribution in [1.82, 2.24) is 10.2 Å². The Hall–Kier alpha value is -2.45. The molecule has 1 aromatic carbocycles. The fourth-order valence-corrected chi connectivity index (χ4v) is 6.23. The molecule has 33 heavy (non-hydrogen) atoms. The molecule has 0 saturated carbocycles. The minimum Gasteiger partial charge on any atom is -0.466 e. The maximum Gasteiger partial charge on any atom is 0.312 e. The van der Waals surface area contributed by atoms with Crippen LogP contribution >= 0.6 is 0 Å². The van der Waals surface area contributed by atoms with Crippen LogP contribution in [0.15, 0.2) is 30.3 Å². The van der Waals surface area contributed by atoms with Crippen molar-refractivity contribution in [2.45, 2.75) is 76.3 Å². The zero-order valence-electron chi connectivity index (χ0n) is 19.6. The van der Waals surface area contributed by atoms with Gasteiger partial charge in [0.15, 0.2) is 0 Å². The van der Waals surface area contributed by atoms with Crippen LogP contribution in [0.25, 0.3) is 0 Å². The monoisotopic (exact) mass is 458 g/mol. The van der Waals surface area contributed by atoms with Crippen molar-refractivity contribution in [2.75, 3.05) is 13.2 Å². The third kappa shape index (κ3) is 3.54. The summed E-state index contributed by atoms with van der Waals surface area (Å²) < 4.78 is 12.0. The van der Waals surface area contributed by atoms with Crippen LogP contribution in [0.3, 0.4) is 0 Å². The largest absolute Gasteiger partial charge is 0.466 e. The first kappa shape index (κ1) is 23.7. The molecule has 1 aromatic rings. The second-order valence-corrected chi connectivity index (χ2v) is 9.28. The van der Waals surface area contributed by atoms with Crippen LogP contribution in [0.1, 0.15) is 52.0 Å². The van der Waals surface area contributed by atoms with E-state index in [1.165, 1.54) is 4.90 Å². The van der Waals surface area contributed by atoms with E-state index in [0.717, 1.165) is 5.56 Å². The summed E-state index contributed by atoms with van der Waals surface area (Å²) in [7, 11) is 0. The van der Waals surface area contributed by atoms with Crippen LogP contribution in [0, 0.1) is 11.8 Å². The van der Waals surface area contributed by atoms with E-state index in [-0.39, 0.29) is 25.0 Å². The van der Waals surface area contributed by atoms with E-state index < -0.39 is 41.1 Å². The first-order chi connectivity index (χ1) is 15.9. The maximum atomic E-state index is 13.8. The Morgan fingerprint density at radius 1 is 1.24 bits per heavy atom. The highest BCUT2D eigenvalue weighted by atomic mass is 16.6. The first-order valence-corrected chi connectivity index (χ1v) is 12.0. The van der Waals surface area contributed by atoms with Gasteiger partial charge in [-0.2, -0.15) is 0 Å². The lowest BCUT2D eigenvalue weighted by molar-refractivity contribution is -0.162. The van der Waals surface area contributed by atoms with Gasteiger partial charge in [0.25, 0.3) is 0 Å². The Morgan fingerprint density at radius 2 is 1.97 bits per heavy atom. The fourth-order valence-electron chi connectivity index (χ4n) is 6.23. The summed E-state index contributed by atoms with van der Waals surface area (Å²) in [5.74, 6) is -2.61. The lowest BCUT2D eigenvalue weighted by Crippen LogP contribution is -2.57. The molecule has 6 atom stereocenters. The van der Waals surface area contributed by atoms with Gasteiger partial charge >= 0.3 is 5.97 Å². The fraction of sp³-hybridized carbons (Fsp3) is 0.640. The maximum absolute atomic E-state index is 13.8. The second-order valence-electron chi connectivity index (χ2n) is 9.28. The highest BCUT2D eigenvalue weighted by molar-refractivity contribution is 5.98. The number of aliphatic hydroxyl groups excluding tert-OH is 1. The van der Waals surface area contributed by atoms with E-state index in [9.17, 15) is 19.5 Å². The average Bonchev–Trinajstić information content (AvgIpc) is 3.43. The number of hydrogen-bond acceptors (Lipinski definition) is 6. The Bertz CT molecular complexity index is 903. The van der Waals surface area contributed by atoms with Gasteiger partial charge in [0.1, 0.15) is 17.6 Å². The van der Waals surface area contributed by atoms with Crippen LogP contribution in [-0.4, -0.2) is 64.3 Å². The lowest BCUT2D eigenvalue weighted by Gasteiger charge is -2.37. The molecule has 0 aliphatic carbocycles. The molecule has 3 heterocycles. The number of likely N-dealkylation sites (tertiary alicyclic amines) is 1. The van der Waals surface area contributed by atoms with E-state index >= 15 is 0 Å². The molecule has 2 unspecified atom stereocenters. The zero-order chi connectivity index (χ0) is 23.8. The summed E-state index contributed by atoms with van der Waals surface area (Å²) >= 11 is 0. The molecule has 3 fully saturated rings. The van der Waals surface area contributed by atoms with Crippen LogP contribution in [0.5, 0.6) is 0 Å². The second kappa shape index (κ2) is 9.06. The van der Waals surface area contributed by atoms with Gasteiger partial charge in [0.2, 0.25) is 11.8 Å². The number of esters is 1. The number of hydrogen-bond donors (Lipinski definition) is 2. The van der Waals surface area contributed by atoms with Crippen LogP contribution in [0.2, 0.25) is 0 Å². The smallest absolute Gasteiger partial charge is 0.312 e. The van der Waals surface area contributed by atoms with Crippen molar-refractivity contribution in [1.29, 1.82) is 0 Å². The predicted molar refractivity (Wildman–Crippen MR) is 120 cm³/mol. The van der Waals surface area contributed by atoms with Crippen molar-refractivity contribution in [3.8, 4) is 0 Å². The summed E-state index contributed by atoms with van der Waals surface area (Å²) in [5.41, 5.74) is -0.970. The van der Waals surface area contributed by atoms with E-state index in [2.05, 4.69) is 5.32 Å². The molecule has 3 aliphatic rings. The van der Waals surface area contributed by atoms with Gasteiger partial charge in [-0.3, -0.25) is 14.4 Å². The number of carbonyl (C=O) groups is 3. The topological polar surface area (TPSA) is 105 Å². The van der Waals surface area contributed by atoms with E-state index in [4.69, 9.17) is 9.47 Å². The van der Waals surface area contributed by atoms with Gasteiger partial charge in [-0.1, -0.05) is 44.2 Å². The summed E-state index contributed by atoms with van der Waals surface area (Å²) in [6, 6.07) is 8.10. The van der Waals surface area contributed by atoms with Gasteiger partial charge < -0.3 is 24.8 Å². The van der Waals surface area contributed by atoms with E-state index in [0.29, 0.717) is 32.2 Å². The molecule has 1 spiro atoms. The Labute approximate surface area is 194 Å². The van der Waals surface area contributed by atoms with Gasteiger partial charge in [-0.25, -0.2) is 0 Å². The molecule has 8 heteroatoms. The van der Waals surface area contributed by atoms with Crippen molar-refractivity contribution >= 4 is 17.8 Å². The number of amides is 2. The minimum absolute atomic E-state index is 0.210. The highest BCUT2D eigenvalue weighted by Gasteiger charge is 2.79. The number of carbonyl (C=O) groups excluding carboxylic acids is 3. The summed E-state index contributed by atoms with van der Waals surface area (Å²) in [5, 5.41) is 13.0. The molecule has 3 aliphatic heterocycles. The highest BCUT2D eigenvalue weighted by Crippen LogP contribution is 2.64. The van der Waals surface area contributed by atoms with Crippen LogP contribution in [0.4, 0.5) is 0 Å². The van der Waals surface area contributed by atoms with Crippen molar-refractivity contribution in [3.63, 3.8) is 0 Å². The molecule has 2 bridgehead atoms. The summed E-state index contributed by atoms with van der Waals surface area (Å²) in [6.45, 7) is 5.81. The Balaban J connectivity index is 1.73. The molecule has 8 nitrogen and oxygen atoms in total. The van der Waals surface area contributed by atoms with Gasteiger partial charge in [0.05, 0.1) is 30.8 Å². The average molecular weight is 459 g/mol. The zero-order valence-corrected chi connectivity index (χ0v) is 19.6. The predicted octanol–water partition coefficient (Wildman–Crippen LogP) is 1.79. The van der Waals surface area contributed by atoms with E-state index in [1.807, 2.05) is 44.2 Å². The van der Waals surface area contributed by atoms with Gasteiger partial charge in [-0.05, 0) is 38.2 Å². The molecular weight excluding hydrogens is 424 g/mol. The molecule has 4 rings (SSSR count). The molecule has 0 aromatic heterocycles. The SMILES string of the molecule is CCOC(=O)[C@@H]1[C@H]2C(=O)N([C@@H](CC)CO)C(C(=O)NCc3ccccc3)C23CC[C@@]1(CC)O3. The number of benzene rings is 1. The molecule has 2 N–H and O–H groups in total. The summed E-state index contributed by atoms with van der Waals surface area (Å²) in [6.07, 6.45) is 2.13. The number of rotatable bonds is 9. The molecule has 180 valence electrons. The van der Waals surface area contributed by atoms with Crippen molar-refractivity contribution in [2.24, 2.45) is 11.8 Å². The normalized spacial score (nSPS) is 33.2. The quantitative estimate of drug-likeness (QED) is 0.547. The number of nitrogens with zero attached hydrogens (tertiary/aromatic N) is 1. The summed E-state index contributed by atoms with van der Waals surface area (Å²) in [4.78, 5) is 42.0. The molecular formula is C25H34N2O6. The first-order valence-electron chi connectivity index (χ1n) is 12.0. The molecule has 3 saturated heterocycles. The number of fused-ring (bicyclic) bond motifs is 1. The number of ether oxygens (including phenoxy) is 2. The number of nitrogens with one attached hydrogen (secondary N) is 1. The Kier molecular flexibility index (Phi) is 6.51. The van der Waals surface area contributed by atoms with Crippen LogP contribution in [-0.2, 0) is 30.4 Å². The van der Waals surface area contributed by atoms with Gasteiger partial charge in [-0.15, -0.1) is 0 Å². The minimum atomic E-state index is -1.10. The molecule has 2 amide bonds. The number of aliphatic hydroxyl groups is 1. The molecule has 0 radical (unpaired) electrons. The third-order valence-corrected chi connectivity index (χ3v) is 7.79. The third-order valence-electron chi connectivity index (χ3n) is 7.79.